The lowest BCUT2D eigenvalue weighted by Gasteiger charge is -2.53. The van der Waals surface area contributed by atoms with Crippen LogP contribution in [-0.4, -0.2) is 36.8 Å². The van der Waals surface area contributed by atoms with Crippen LogP contribution in [0.25, 0.3) is 0 Å². The maximum absolute atomic E-state index is 13.2. The van der Waals surface area contributed by atoms with Crippen molar-refractivity contribution in [3.8, 4) is 17.3 Å². The Balaban J connectivity index is 1.61. The van der Waals surface area contributed by atoms with E-state index >= 15 is 0 Å². The summed E-state index contributed by atoms with van der Waals surface area (Å²) in [6, 6.07) is 8.24. The summed E-state index contributed by atoms with van der Waals surface area (Å²) in [6.07, 6.45) is 7.18. The van der Waals surface area contributed by atoms with Gasteiger partial charge in [0.15, 0.2) is 5.78 Å². The average molecular weight is 539 g/mol. The van der Waals surface area contributed by atoms with Crippen molar-refractivity contribution in [3.63, 3.8) is 0 Å². The van der Waals surface area contributed by atoms with Crippen LogP contribution in [0.15, 0.2) is 47.1 Å². The SMILES string of the molecule is CCOP(=O)(C#C[C@]1(O)CC[C@H]2[C@@H]3CCC4=CC(=O)CCC4=C3[C@@H](c3ccc(OC)cc3)C[C@@]21C)OCC. The molecule has 0 amide bonds. The summed E-state index contributed by atoms with van der Waals surface area (Å²) in [6.45, 7) is 6.13. The van der Waals surface area contributed by atoms with E-state index in [0.717, 1.165) is 37.9 Å². The Labute approximate surface area is 226 Å². The van der Waals surface area contributed by atoms with Gasteiger partial charge in [-0.1, -0.05) is 30.6 Å². The highest BCUT2D eigenvalue weighted by Crippen LogP contribution is 2.67. The molecule has 0 saturated heterocycles. The molecule has 2 fully saturated rings. The van der Waals surface area contributed by atoms with Crippen LogP contribution in [0.5, 0.6) is 5.75 Å². The fourth-order valence-corrected chi connectivity index (χ4v) is 8.81. The van der Waals surface area contributed by atoms with Gasteiger partial charge in [0.1, 0.15) is 11.4 Å². The highest BCUT2D eigenvalue weighted by atomic mass is 31.2. The maximum Gasteiger partial charge on any atom is 0.405 e. The van der Waals surface area contributed by atoms with Crippen molar-refractivity contribution in [1.29, 1.82) is 0 Å². The van der Waals surface area contributed by atoms with Gasteiger partial charge in [0, 0.05) is 23.4 Å². The fourth-order valence-electron chi connectivity index (χ4n) is 7.61. The smallest absolute Gasteiger partial charge is 0.405 e. The van der Waals surface area contributed by atoms with Gasteiger partial charge in [-0.15, -0.1) is 0 Å². The number of methoxy groups -OCH3 is 1. The number of ketones is 1. The van der Waals surface area contributed by atoms with Crippen LogP contribution < -0.4 is 4.74 Å². The van der Waals surface area contributed by atoms with Crippen molar-refractivity contribution >= 4 is 13.4 Å². The molecular weight excluding hydrogens is 499 g/mol. The summed E-state index contributed by atoms with van der Waals surface area (Å²) in [4.78, 5) is 12.3. The monoisotopic (exact) mass is 538 g/mol. The molecule has 1 N–H and O–H groups in total. The first kappa shape index (κ1) is 27.4. The first-order valence-electron chi connectivity index (χ1n) is 13.9. The Kier molecular flexibility index (Phi) is 7.52. The van der Waals surface area contributed by atoms with Gasteiger partial charge in [-0.05, 0) is 99.1 Å². The molecule has 0 heterocycles. The van der Waals surface area contributed by atoms with E-state index in [1.807, 2.05) is 18.2 Å². The van der Waals surface area contributed by atoms with Gasteiger partial charge < -0.3 is 9.84 Å². The second-order valence-electron chi connectivity index (χ2n) is 11.2. The number of aliphatic hydroxyl groups is 1. The molecule has 4 aliphatic rings. The van der Waals surface area contributed by atoms with Gasteiger partial charge in [-0.25, -0.2) is 4.57 Å². The normalized spacial score (nSPS) is 32.5. The molecule has 5 atom stereocenters. The first-order valence-corrected chi connectivity index (χ1v) is 15.5. The topological polar surface area (TPSA) is 82.1 Å². The molecule has 38 heavy (non-hydrogen) atoms. The van der Waals surface area contributed by atoms with Gasteiger partial charge in [-0.2, -0.15) is 0 Å². The molecular formula is C31H39O6P. The van der Waals surface area contributed by atoms with Crippen molar-refractivity contribution < 1.29 is 28.3 Å². The highest BCUT2D eigenvalue weighted by molar-refractivity contribution is 7.59. The number of carbonyl (C=O) groups excluding carboxylic acids is 1. The van der Waals surface area contributed by atoms with Crippen LogP contribution in [0.4, 0.5) is 0 Å². The molecule has 0 unspecified atom stereocenters. The number of rotatable bonds is 6. The maximum atomic E-state index is 13.2. The number of hydrogen-bond donors (Lipinski definition) is 1. The summed E-state index contributed by atoms with van der Waals surface area (Å²) in [5.41, 5.74) is 6.17. The first-order chi connectivity index (χ1) is 18.2. The van der Waals surface area contributed by atoms with E-state index in [0.29, 0.717) is 18.8 Å². The molecule has 1 aromatic rings. The molecule has 0 radical (unpaired) electrons. The van der Waals surface area contributed by atoms with E-state index in [1.54, 1.807) is 21.0 Å². The van der Waals surface area contributed by atoms with E-state index in [-0.39, 0.29) is 30.8 Å². The Morgan fingerprint density at radius 3 is 2.45 bits per heavy atom. The van der Waals surface area contributed by atoms with Crippen LogP contribution >= 0.6 is 7.60 Å². The van der Waals surface area contributed by atoms with E-state index in [1.165, 1.54) is 22.3 Å². The third kappa shape index (κ3) is 4.62. The van der Waals surface area contributed by atoms with Gasteiger partial charge in [-0.3, -0.25) is 13.8 Å². The Morgan fingerprint density at radius 1 is 1.08 bits per heavy atom. The zero-order valence-corrected chi connectivity index (χ0v) is 23.8. The summed E-state index contributed by atoms with van der Waals surface area (Å²) in [5, 5.41) is 12.2. The van der Waals surface area contributed by atoms with Crippen LogP contribution in [0, 0.1) is 28.8 Å². The lowest BCUT2D eigenvalue weighted by atomic mass is 9.51. The summed E-state index contributed by atoms with van der Waals surface area (Å²) in [7, 11) is -1.95. The van der Waals surface area contributed by atoms with Crippen molar-refractivity contribution in [3.05, 3.63) is 52.6 Å². The number of carbonyl (C=O) groups is 1. The minimum atomic E-state index is -3.61. The van der Waals surface area contributed by atoms with Crippen LogP contribution in [0.3, 0.4) is 0 Å². The molecule has 0 aromatic heterocycles. The molecule has 204 valence electrons. The molecule has 0 aliphatic heterocycles. The standard InChI is InChI=1S/C31H39O6P/c1-5-36-38(34,37-6-2)18-17-31(33)16-15-28-26-13-9-22-19-23(32)10-14-25(22)29(26)27(20-30(28,31)3)21-7-11-24(35-4)12-8-21/h7-8,11-12,19,26-28,33H,5-6,9-10,13-16,20H2,1-4H3/t26-,27+,28-,30-,31+/m0/s1. The lowest BCUT2D eigenvalue weighted by Crippen LogP contribution is -2.51. The highest BCUT2D eigenvalue weighted by Gasteiger charge is 2.62. The van der Waals surface area contributed by atoms with Crippen LogP contribution in [0.2, 0.25) is 0 Å². The fraction of sp³-hybridized carbons (Fsp3) is 0.581. The number of allylic oxidation sites excluding steroid dienone is 4. The van der Waals surface area contributed by atoms with Crippen LogP contribution in [0.1, 0.15) is 77.2 Å². The van der Waals surface area contributed by atoms with E-state index in [2.05, 4.69) is 30.6 Å². The molecule has 0 bridgehead atoms. The molecule has 7 heteroatoms. The number of benzene rings is 1. The third-order valence-corrected chi connectivity index (χ3v) is 11.0. The summed E-state index contributed by atoms with van der Waals surface area (Å²) in [5.74, 6) is 4.74. The number of fused-ring (bicyclic) bond motifs is 4. The second kappa shape index (κ2) is 10.4. The number of hydrogen-bond acceptors (Lipinski definition) is 6. The van der Waals surface area contributed by atoms with E-state index in [4.69, 9.17) is 13.8 Å². The Hall–Kier alpha value is -2.16. The Morgan fingerprint density at radius 2 is 1.79 bits per heavy atom. The predicted molar refractivity (Wildman–Crippen MR) is 147 cm³/mol. The zero-order valence-electron chi connectivity index (χ0n) is 22.9. The molecule has 0 spiro atoms. The van der Waals surface area contributed by atoms with Crippen molar-refractivity contribution in [2.45, 2.75) is 77.2 Å². The minimum absolute atomic E-state index is 0.0936. The van der Waals surface area contributed by atoms with Gasteiger partial charge >= 0.3 is 7.60 Å². The summed E-state index contributed by atoms with van der Waals surface area (Å²) >= 11 is 0. The van der Waals surface area contributed by atoms with Crippen molar-refractivity contribution in [2.24, 2.45) is 17.3 Å². The van der Waals surface area contributed by atoms with E-state index < -0.39 is 18.6 Å². The molecule has 4 aliphatic carbocycles. The Bertz CT molecular complexity index is 1260. The van der Waals surface area contributed by atoms with Crippen molar-refractivity contribution in [2.75, 3.05) is 20.3 Å². The lowest BCUT2D eigenvalue weighted by molar-refractivity contribution is -0.114. The molecule has 6 nitrogen and oxygen atoms in total. The van der Waals surface area contributed by atoms with Crippen LogP contribution in [-0.2, 0) is 18.4 Å². The van der Waals surface area contributed by atoms with Crippen molar-refractivity contribution in [1.82, 2.24) is 0 Å². The number of ether oxygens (including phenoxy) is 1. The zero-order chi connectivity index (χ0) is 27.1. The quantitative estimate of drug-likeness (QED) is 0.327. The third-order valence-electron chi connectivity index (χ3n) is 9.40. The molecule has 2 saturated carbocycles. The van der Waals surface area contributed by atoms with Gasteiger partial charge in [0.2, 0.25) is 0 Å². The average Bonchev–Trinajstić information content (AvgIpc) is 3.17. The van der Waals surface area contributed by atoms with Gasteiger partial charge in [0.05, 0.1) is 20.3 Å². The predicted octanol–water partition coefficient (Wildman–Crippen LogP) is 6.55. The molecule has 5 rings (SSSR count). The van der Waals surface area contributed by atoms with E-state index in [9.17, 15) is 14.5 Å². The van der Waals surface area contributed by atoms with Gasteiger partial charge in [0.25, 0.3) is 0 Å². The largest absolute Gasteiger partial charge is 0.497 e. The second-order valence-corrected chi connectivity index (χ2v) is 13.0. The minimum Gasteiger partial charge on any atom is -0.497 e. The molecule has 1 aromatic carbocycles. The summed E-state index contributed by atoms with van der Waals surface area (Å²) < 4.78 is 29.4.